The van der Waals surface area contributed by atoms with Gasteiger partial charge in [0.15, 0.2) is 0 Å². The van der Waals surface area contributed by atoms with Crippen LogP contribution in [0.5, 0.6) is 0 Å². The summed E-state index contributed by atoms with van der Waals surface area (Å²) in [4.78, 5) is 27.8. The molecule has 1 aliphatic rings. The average Bonchev–Trinajstić information content (AvgIpc) is 2.49. The molecule has 0 unspecified atom stereocenters. The molecule has 7 heteroatoms. The number of amides is 2. The van der Waals surface area contributed by atoms with Crippen molar-refractivity contribution < 1.29 is 14.0 Å². The fraction of sp³-hybridized carbons (Fsp3) is 0.500. The predicted octanol–water partition coefficient (Wildman–Crippen LogP) is 1.87. The van der Waals surface area contributed by atoms with E-state index in [4.69, 9.17) is 0 Å². The van der Waals surface area contributed by atoms with Crippen LogP contribution in [0, 0.1) is 5.82 Å². The highest BCUT2D eigenvalue weighted by Crippen LogP contribution is 2.18. The van der Waals surface area contributed by atoms with E-state index in [1.807, 2.05) is 18.7 Å². The van der Waals surface area contributed by atoms with Gasteiger partial charge in [-0.1, -0.05) is 15.9 Å². The molecule has 0 radical (unpaired) electrons. The summed E-state index contributed by atoms with van der Waals surface area (Å²) in [6.07, 6.45) is 0. The summed E-state index contributed by atoms with van der Waals surface area (Å²) in [6, 6.07) is 4.46. The maximum atomic E-state index is 13.8. The molecule has 0 aliphatic carbocycles. The molecule has 1 fully saturated rings. The molecule has 23 heavy (non-hydrogen) atoms. The topological polar surface area (TPSA) is 52.7 Å². The van der Waals surface area contributed by atoms with Crippen molar-refractivity contribution in [2.24, 2.45) is 0 Å². The van der Waals surface area contributed by atoms with E-state index in [1.165, 1.54) is 12.1 Å². The van der Waals surface area contributed by atoms with E-state index >= 15 is 0 Å². The van der Waals surface area contributed by atoms with Crippen LogP contribution < -0.4 is 5.32 Å². The van der Waals surface area contributed by atoms with E-state index in [0.29, 0.717) is 37.2 Å². The third kappa shape index (κ3) is 5.00. The first-order valence-corrected chi connectivity index (χ1v) is 8.42. The molecule has 1 aliphatic heterocycles. The van der Waals surface area contributed by atoms with Crippen molar-refractivity contribution in [2.75, 3.05) is 32.7 Å². The normalized spacial score (nSPS) is 15.8. The quantitative estimate of drug-likeness (QED) is 0.860. The zero-order chi connectivity index (χ0) is 17.0. The van der Waals surface area contributed by atoms with Gasteiger partial charge in [0.25, 0.3) is 5.91 Å². The number of hydrogen-bond donors (Lipinski definition) is 1. The predicted molar refractivity (Wildman–Crippen MR) is 89.7 cm³/mol. The summed E-state index contributed by atoms with van der Waals surface area (Å²) in [7, 11) is 0. The molecular formula is C16H21BrFN3O2. The molecule has 0 atom stereocenters. The number of piperazine rings is 1. The van der Waals surface area contributed by atoms with Crippen molar-refractivity contribution in [1.82, 2.24) is 15.1 Å². The van der Waals surface area contributed by atoms with Gasteiger partial charge in [0.2, 0.25) is 5.91 Å². The van der Waals surface area contributed by atoms with Crippen LogP contribution in [0.2, 0.25) is 0 Å². The lowest BCUT2D eigenvalue weighted by Gasteiger charge is -2.34. The number of nitrogens with one attached hydrogen (secondary N) is 1. The number of carbonyl (C=O) groups excluding carboxylic acids is 2. The highest BCUT2D eigenvalue weighted by molar-refractivity contribution is 9.10. The number of rotatable bonds is 4. The molecule has 126 valence electrons. The van der Waals surface area contributed by atoms with Crippen LogP contribution in [0.3, 0.4) is 0 Å². The lowest BCUT2D eigenvalue weighted by Crippen LogP contribution is -2.51. The van der Waals surface area contributed by atoms with Crippen LogP contribution in [-0.2, 0) is 4.79 Å². The molecule has 5 nitrogen and oxygen atoms in total. The standard InChI is InChI=1S/C16H21BrFN3O2/c1-11(2)19-15(22)10-20-5-7-21(8-6-20)16(23)13-9-12(17)3-4-14(13)18/h3-4,9,11H,5-8,10H2,1-2H3,(H,19,22). The van der Waals surface area contributed by atoms with E-state index in [1.54, 1.807) is 11.0 Å². The summed E-state index contributed by atoms with van der Waals surface area (Å²) in [5, 5.41) is 2.85. The third-order valence-corrected chi connectivity index (χ3v) is 4.13. The highest BCUT2D eigenvalue weighted by atomic mass is 79.9. The summed E-state index contributed by atoms with van der Waals surface area (Å²) in [6.45, 7) is 6.34. The Kier molecular flexibility index (Phi) is 6.12. The van der Waals surface area contributed by atoms with E-state index < -0.39 is 5.82 Å². The summed E-state index contributed by atoms with van der Waals surface area (Å²) >= 11 is 3.25. The third-order valence-electron chi connectivity index (χ3n) is 3.64. The van der Waals surface area contributed by atoms with Gasteiger partial charge in [-0.05, 0) is 32.0 Å². The van der Waals surface area contributed by atoms with Crippen molar-refractivity contribution in [3.05, 3.63) is 34.1 Å². The second kappa shape index (κ2) is 7.88. The zero-order valence-electron chi connectivity index (χ0n) is 13.3. The number of benzene rings is 1. The molecule has 1 aromatic carbocycles. The molecule has 0 bridgehead atoms. The molecule has 1 N–H and O–H groups in total. The Labute approximate surface area is 144 Å². The van der Waals surface area contributed by atoms with Gasteiger partial charge in [-0.2, -0.15) is 0 Å². The van der Waals surface area contributed by atoms with Crippen molar-refractivity contribution in [2.45, 2.75) is 19.9 Å². The SMILES string of the molecule is CC(C)NC(=O)CN1CCN(C(=O)c2cc(Br)ccc2F)CC1. The monoisotopic (exact) mass is 385 g/mol. The lowest BCUT2D eigenvalue weighted by atomic mass is 10.1. The van der Waals surface area contributed by atoms with E-state index in [9.17, 15) is 14.0 Å². The van der Waals surface area contributed by atoms with Crippen LogP contribution in [0.4, 0.5) is 4.39 Å². The first-order chi connectivity index (χ1) is 10.9. The Morgan fingerprint density at radius 1 is 1.26 bits per heavy atom. The summed E-state index contributed by atoms with van der Waals surface area (Å²) in [5.41, 5.74) is 0.0744. The number of halogens is 2. The van der Waals surface area contributed by atoms with Crippen molar-refractivity contribution in [3.63, 3.8) is 0 Å². The van der Waals surface area contributed by atoms with Crippen molar-refractivity contribution in [1.29, 1.82) is 0 Å². The second-order valence-corrected chi connectivity index (χ2v) is 6.83. The average molecular weight is 386 g/mol. The van der Waals surface area contributed by atoms with Crippen LogP contribution in [0.25, 0.3) is 0 Å². The van der Waals surface area contributed by atoms with Gasteiger partial charge in [0.05, 0.1) is 12.1 Å². The largest absolute Gasteiger partial charge is 0.353 e. The smallest absolute Gasteiger partial charge is 0.256 e. The number of nitrogens with zero attached hydrogens (tertiary/aromatic N) is 2. The van der Waals surface area contributed by atoms with Crippen LogP contribution in [0.1, 0.15) is 24.2 Å². The summed E-state index contributed by atoms with van der Waals surface area (Å²) in [5.74, 6) is -0.843. The molecule has 2 rings (SSSR count). The molecule has 1 heterocycles. The minimum atomic E-state index is -0.517. The lowest BCUT2D eigenvalue weighted by molar-refractivity contribution is -0.123. The van der Waals surface area contributed by atoms with Gasteiger partial charge in [-0.15, -0.1) is 0 Å². The van der Waals surface area contributed by atoms with E-state index in [2.05, 4.69) is 21.2 Å². The van der Waals surface area contributed by atoms with Crippen LogP contribution in [-0.4, -0.2) is 60.4 Å². The van der Waals surface area contributed by atoms with Gasteiger partial charge < -0.3 is 10.2 Å². The maximum Gasteiger partial charge on any atom is 0.256 e. The second-order valence-electron chi connectivity index (χ2n) is 5.91. The maximum absolute atomic E-state index is 13.8. The van der Waals surface area contributed by atoms with Gasteiger partial charge in [-0.25, -0.2) is 4.39 Å². The van der Waals surface area contributed by atoms with E-state index in [0.717, 1.165) is 0 Å². The molecule has 1 saturated heterocycles. The Bertz CT molecular complexity index is 587. The van der Waals surface area contributed by atoms with Crippen molar-refractivity contribution >= 4 is 27.7 Å². The van der Waals surface area contributed by atoms with Crippen LogP contribution >= 0.6 is 15.9 Å². The number of carbonyl (C=O) groups is 2. The fourth-order valence-corrected chi connectivity index (χ4v) is 2.87. The highest BCUT2D eigenvalue weighted by Gasteiger charge is 2.25. The van der Waals surface area contributed by atoms with Gasteiger partial charge in [0, 0.05) is 36.7 Å². The van der Waals surface area contributed by atoms with Gasteiger partial charge >= 0.3 is 0 Å². The first-order valence-electron chi connectivity index (χ1n) is 7.63. The zero-order valence-corrected chi connectivity index (χ0v) is 14.9. The van der Waals surface area contributed by atoms with Crippen LogP contribution in [0.15, 0.2) is 22.7 Å². The minimum absolute atomic E-state index is 0.0159. The Morgan fingerprint density at radius 2 is 1.91 bits per heavy atom. The molecule has 2 amide bonds. The van der Waals surface area contributed by atoms with Gasteiger partial charge in [0.1, 0.15) is 5.82 Å². The summed E-state index contributed by atoms with van der Waals surface area (Å²) < 4.78 is 14.5. The van der Waals surface area contributed by atoms with Crippen molar-refractivity contribution in [3.8, 4) is 0 Å². The Hall–Kier alpha value is -1.47. The molecule has 0 aromatic heterocycles. The molecule has 0 spiro atoms. The molecular weight excluding hydrogens is 365 g/mol. The Morgan fingerprint density at radius 3 is 2.52 bits per heavy atom. The molecule has 1 aromatic rings. The fourth-order valence-electron chi connectivity index (χ4n) is 2.51. The Balaban J connectivity index is 1.90. The van der Waals surface area contributed by atoms with Gasteiger partial charge in [-0.3, -0.25) is 14.5 Å². The number of hydrogen-bond acceptors (Lipinski definition) is 3. The minimum Gasteiger partial charge on any atom is -0.353 e. The molecule has 0 saturated carbocycles. The van der Waals surface area contributed by atoms with E-state index in [-0.39, 0.29) is 23.4 Å². The first kappa shape index (κ1) is 17.9.